The van der Waals surface area contributed by atoms with Crippen molar-refractivity contribution in [3.05, 3.63) is 11.5 Å². The van der Waals surface area contributed by atoms with Crippen molar-refractivity contribution in [2.45, 2.75) is 0 Å². The third-order valence-corrected chi connectivity index (χ3v) is 1.67. The molecule has 0 saturated heterocycles. The maximum Gasteiger partial charge on any atom is 0.279 e. The molecule has 3 amide bonds. The van der Waals surface area contributed by atoms with Gasteiger partial charge in [0.15, 0.2) is 0 Å². The van der Waals surface area contributed by atoms with Crippen LogP contribution < -0.4 is 22.1 Å². The van der Waals surface area contributed by atoms with Crippen molar-refractivity contribution >= 4 is 18.2 Å². The molecule has 0 fully saturated rings. The molecular weight excluding hydrogens is 214 g/mol. The second kappa shape index (κ2) is 6.27. The lowest BCUT2D eigenvalue weighted by Gasteiger charge is -2.15. The number of nitrogens with two attached hydrogens (primary N) is 2. The average molecular weight is 229 g/mol. The summed E-state index contributed by atoms with van der Waals surface area (Å²) in [4.78, 5) is 33.3. The summed E-state index contributed by atoms with van der Waals surface area (Å²) in [6, 6.07) is 0. The SMILES string of the molecule is CN/C(N)=C(/NCC(N)=O)C(=O)N(C)C=O. The highest BCUT2D eigenvalue weighted by Crippen LogP contribution is 1.96. The fourth-order valence-electron chi connectivity index (χ4n) is 0.811. The topological polar surface area (TPSA) is 131 Å². The van der Waals surface area contributed by atoms with E-state index in [1.54, 1.807) is 0 Å². The summed E-state index contributed by atoms with van der Waals surface area (Å²) < 4.78 is 0. The molecule has 8 nitrogen and oxygen atoms in total. The van der Waals surface area contributed by atoms with E-state index in [2.05, 4.69) is 10.6 Å². The standard InChI is InChI=1S/C8H15N5O3/c1-11-7(10)6(12-3-5(9)15)8(16)13(2)4-14/h4,11-12H,3,10H2,1-2H3,(H2,9,15)/b7-6+. The molecule has 90 valence electrons. The molecule has 0 aromatic carbocycles. The molecule has 0 radical (unpaired) electrons. The summed E-state index contributed by atoms with van der Waals surface area (Å²) in [5, 5.41) is 4.98. The van der Waals surface area contributed by atoms with Gasteiger partial charge in [-0.3, -0.25) is 19.3 Å². The molecule has 0 aromatic rings. The number of hydrogen-bond donors (Lipinski definition) is 4. The molecule has 0 spiro atoms. The average Bonchev–Trinajstić information content (AvgIpc) is 2.26. The van der Waals surface area contributed by atoms with Crippen molar-refractivity contribution in [3.8, 4) is 0 Å². The van der Waals surface area contributed by atoms with Crippen molar-refractivity contribution in [1.82, 2.24) is 15.5 Å². The number of likely N-dealkylation sites (N-methyl/N-ethyl adjacent to an activating group) is 1. The Kier molecular flexibility index (Phi) is 5.39. The minimum atomic E-state index is -0.664. The summed E-state index contributed by atoms with van der Waals surface area (Å²) in [5.74, 6) is -1.30. The first-order valence-electron chi connectivity index (χ1n) is 4.36. The number of carbonyl (C=O) groups is 3. The van der Waals surface area contributed by atoms with Crippen LogP contribution in [0, 0.1) is 0 Å². The Morgan fingerprint density at radius 2 is 1.94 bits per heavy atom. The lowest BCUT2D eigenvalue weighted by atomic mass is 10.3. The Balaban J connectivity index is 4.89. The van der Waals surface area contributed by atoms with Gasteiger partial charge in [-0.15, -0.1) is 0 Å². The van der Waals surface area contributed by atoms with E-state index in [1.807, 2.05) is 0 Å². The van der Waals surface area contributed by atoms with Gasteiger partial charge in [-0.05, 0) is 0 Å². The Morgan fingerprint density at radius 1 is 1.38 bits per heavy atom. The molecule has 8 heteroatoms. The maximum atomic E-state index is 11.6. The fraction of sp³-hybridized carbons (Fsp3) is 0.375. The van der Waals surface area contributed by atoms with Gasteiger partial charge in [0.05, 0.1) is 6.54 Å². The molecule has 0 aliphatic rings. The molecule has 0 atom stereocenters. The summed E-state index contributed by atoms with van der Waals surface area (Å²) in [6.45, 7) is -0.254. The van der Waals surface area contributed by atoms with Crippen molar-refractivity contribution in [2.24, 2.45) is 11.5 Å². The third-order valence-electron chi connectivity index (χ3n) is 1.67. The third kappa shape index (κ3) is 3.86. The minimum Gasteiger partial charge on any atom is -0.384 e. The minimum absolute atomic E-state index is 0.0138. The monoisotopic (exact) mass is 229 g/mol. The number of rotatable bonds is 6. The molecule has 6 N–H and O–H groups in total. The van der Waals surface area contributed by atoms with Crippen LogP contribution in [-0.4, -0.2) is 43.8 Å². The van der Waals surface area contributed by atoms with Crippen molar-refractivity contribution in [2.75, 3.05) is 20.6 Å². The zero-order chi connectivity index (χ0) is 12.7. The molecule has 16 heavy (non-hydrogen) atoms. The van der Waals surface area contributed by atoms with E-state index in [-0.39, 0.29) is 18.1 Å². The zero-order valence-corrected chi connectivity index (χ0v) is 9.11. The molecule has 0 aromatic heterocycles. The Bertz CT molecular complexity index is 326. The second-order valence-electron chi connectivity index (χ2n) is 2.88. The number of nitrogens with zero attached hydrogens (tertiary/aromatic N) is 1. The van der Waals surface area contributed by atoms with Gasteiger partial charge in [0.25, 0.3) is 5.91 Å². The number of nitrogens with one attached hydrogen (secondary N) is 2. The second-order valence-corrected chi connectivity index (χ2v) is 2.88. The van der Waals surface area contributed by atoms with E-state index in [4.69, 9.17) is 11.5 Å². The molecule has 0 bridgehead atoms. The summed E-state index contributed by atoms with van der Waals surface area (Å²) in [5.41, 5.74) is 10.3. The summed E-state index contributed by atoms with van der Waals surface area (Å²) in [6.07, 6.45) is 0.331. The molecule has 0 rings (SSSR count). The highest BCUT2D eigenvalue weighted by atomic mass is 16.2. The number of carbonyl (C=O) groups excluding carboxylic acids is 3. The first kappa shape index (κ1) is 13.8. The van der Waals surface area contributed by atoms with E-state index in [1.165, 1.54) is 14.1 Å². The highest BCUT2D eigenvalue weighted by Gasteiger charge is 2.17. The van der Waals surface area contributed by atoms with Gasteiger partial charge < -0.3 is 22.1 Å². The molecule has 0 unspecified atom stereocenters. The van der Waals surface area contributed by atoms with Crippen LogP contribution in [-0.2, 0) is 14.4 Å². The van der Waals surface area contributed by atoms with Crippen molar-refractivity contribution in [1.29, 1.82) is 0 Å². The Labute approximate surface area is 92.6 Å². The van der Waals surface area contributed by atoms with Crippen LogP contribution in [0.5, 0.6) is 0 Å². The number of amides is 3. The quantitative estimate of drug-likeness (QED) is 0.284. The smallest absolute Gasteiger partial charge is 0.279 e. The molecular formula is C8H15N5O3. The van der Waals surface area contributed by atoms with Crippen molar-refractivity contribution in [3.63, 3.8) is 0 Å². The van der Waals surface area contributed by atoms with Crippen LogP contribution >= 0.6 is 0 Å². The van der Waals surface area contributed by atoms with Gasteiger partial charge in [-0.2, -0.15) is 0 Å². The number of imide groups is 1. The summed E-state index contributed by atoms with van der Waals surface area (Å²) >= 11 is 0. The van der Waals surface area contributed by atoms with Gasteiger partial charge in [-0.25, -0.2) is 0 Å². The maximum absolute atomic E-state index is 11.6. The highest BCUT2D eigenvalue weighted by molar-refractivity contribution is 5.99. The molecule has 0 aliphatic carbocycles. The van der Waals surface area contributed by atoms with Crippen LogP contribution in [0.3, 0.4) is 0 Å². The normalized spacial score (nSPS) is 11.1. The van der Waals surface area contributed by atoms with Gasteiger partial charge in [0, 0.05) is 14.1 Å². The van der Waals surface area contributed by atoms with Crippen molar-refractivity contribution < 1.29 is 14.4 Å². The molecule has 0 aliphatic heterocycles. The largest absolute Gasteiger partial charge is 0.384 e. The first-order chi connectivity index (χ1) is 7.43. The first-order valence-corrected chi connectivity index (χ1v) is 4.36. The van der Waals surface area contributed by atoms with E-state index >= 15 is 0 Å². The van der Waals surface area contributed by atoms with Crippen LogP contribution in [0.2, 0.25) is 0 Å². The summed E-state index contributed by atoms with van der Waals surface area (Å²) in [7, 11) is 2.76. The lowest BCUT2D eigenvalue weighted by molar-refractivity contribution is -0.133. The van der Waals surface area contributed by atoms with Gasteiger partial charge in [0.2, 0.25) is 12.3 Å². The lowest BCUT2D eigenvalue weighted by Crippen LogP contribution is -2.40. The van der Waals surface area contributed by atoms with E-state index < -0.39 is 11.8 Å². The van der Waals surface area contributed by atoms with Crippen LogP contribution in [0.1, 0.15) is 0 Å². The van der Waals surface area contributed by atoms with E-state index in [0.717, 1.165) is 4.90 Å². The van der Waals surface area contributed by atoms with Crippen LogP contribution in [0.15, 0.2) is 11.5 Å². The Morgan fingerprint density at radius 3 is 2.31 bits per heavy atom. The van der Waals surface area contributed by atoms with Crippen LogP contribution in [0.4, 0.5) is 0 Å². The van der Waals surface area contributed by atoms with Gasteiger partial charge in [0.1, 0.15) is 11.5 Å². The van der Waals surface area contributed by atoms with Crippen LogP contribution in [0.25, 0.3) is 0 Å². The predicted molar refractivity (Wildman–Crippen MR) is 56.3 cm³/mol. The molecule has 0 saturated carbocycles. The van der Waals surface area contributed by atoms with E-state index in [0.29, 0.717) is 6.41 Å². The number of hydrogen-bond acceptors (Lipinski definition) is 6. The molecule has 0 heterocycles. The van der Waals surface area contributed by atoms with Gasteiger partial charge >= 0.3 is 0 Å². The Hall–Kier alpha value is -2.25. The number of primary amides is 1. The predicted octanol–water partition coefficient (Wildman–Crippen LogP) is -2.98. The zero-order valence-electron chi connectivity index (χ0n) is 9.11. The fourth-order valence-corrected chi connectivity index (χ4v) is 0.811. The van der Waals surface area contributed by atoms with Gasteiger partial charge in [-0.1, -0.05) is 0 Å². The van der Waals surface area contributed by atoms with E-state index in [9.17, 15) is 14.4 Å².